The van der Waals surface area contributed by atoms with Crippen LogP contribution in [0, 0.1) is 0 Å². The molecule has 1 atom stereocenters. The highest BCUT2D eigenvalue weighted by atomic mass is 32.2. The molecule has 2 aromatic carbocycles. The molecule has 7 nitrogen and oxygen atoms in total. The van der Waals surface area contributed by atoms with Crippen LogP contribution < -0.4 is 10.1 Å². The summed E-state index contributed by atoms with van der Waals surface area (Å²) in [6, 6.07) is 13.1. The topological polar surface area (TPSA) is 93.1 Å². The van der Waals surface area contributed by atoms with Crippen LogP contribution >= 0.6 is 0 Å². The Labute approximate surface area is 152 Å². The van der Waals surface area contributed by atoms with Gasteiger partial charge < -0.3 is 0 Å². The van der Waals surface area contributed by atoms with Crippen molar-refractivity contribution < 1.29 is 13.2 Å². The van der Waals surface area contributed by atoms with Gasteiger partial charge in [0.15, 0.2) is 0 Å². The second-order valence-corrected chi connectivity index (χ2v) is 7.71. The largest absolute Gasteiger partial charge is 0.270 e. The zero-order chi connectivity index (χ0) is 18.7. The van der Waals surface area contributed by atoms with Gasteiger partial charge in [-0.05, 0) is 49.7 Å². The van der Waals surface area contributed by atoms with Crippen LogP contribution in [0.4, 0.5) is 0 Å². The first-order valence-corrected chi connectivity index (χ1v) is 9.75. The number of nitrogens with one attached hydrogen (secondary N) is 2. The molecule has 3 rings (SSSR count). The molecule has 0 saturated heterocycles. The number of para-hydroxylation sites is 2. The van der Waals surface area contributed by atoms with Crippen LogP contribution in [0.2, 0.25) is 0 Å². The first kappa shape index (κ1) is 18.1. The molecule has 0 radical (unpaired) electrons. The van der Waals surface area contributed by atoms with Crippen molar-refractivity contribution in [1.82, 2.24) is 14.4 Å². The average Bonchev–Trinajstić information content (AvgIpc) is 3.04. The molecule has 0 spiro atoms. The van der Waals surface area contributed by atoms with Crippen molar-refractivity contribution in [3.05, 3.63) is 60.4 Å². The van der Waals surface area contributed by atoms with Gasteiger partial charge in [0.05, 0.1) is 15.9 Å². The number of rotatable bonds is 6. The number of sulfonamides is 1. The Hall–Kier alpha value is -2.71. The van der Waals surface area contributed by atoms with Crippen molar-refractivity contribution in [2.24, 2.45) is 0 Å². The number of imidazole rings is 1. The minimum absolute atomic E-state index is 0.127. The van der Waals surface area contributed by atoms with Gasteiger partial charge >= 0.3 is 0 Å². The smallest absolute Gasteiger partial charge is 0.267 e. The van der Waals surface area contributed by atoms with E-state index in [2.05, 4.69) is 15.1 Å². The molecular formula is C18H20N4O3S. The Kier molecular flexibility index (Phi) is 5.06. The number of aromatic nitrogens is 2. The van der Waals surface area contributed by atoms with E-state index < -0.39 is 10.0 Å². The quantitative estimate of drug-likeness (QED) is 0.695. The normalized spacial score (nSPS) is 12.8. The van der Waals surface area contributed by atoms with Gasteiger partial charge in [0, 0.05) is 11.6 Å². The third kappa shape index (κ3) is 3.76. The van der Waals surface area contributed by atoms with E-state index in [1.54, 1.807) is 6.92 Å². The van der Waals surface area contributed by atoms with Crippen LogP contribution in [0.25, 0.3) is 11.0 Å². The Morgan fingerprint density at radius 1 is 1.15 bits per heavy atom. The lowest BCUT2D eigenvalue weighted by molar-refractivity contribution is 0.101. The van der Waals surface area contributed by atoms with Gasteiger partial charge in [-0.1, -0.05) is 19.1 Å². The van der Waals surface area contributed by atoms with Crippen LogP contribution in [0.3, 0.4) is 0 Å². The predicted molar refractivity (Wildman–Crippen MR) is 99.9 cm³/mol. The maximum absolute atomic E-state index is 12.4. The van der Waals surface area contributed by atoms with Gasteiger partial charge in [-0.15, -0.1) is 0 Å². The van der Waals surface area contributed by atoms with E-state index in [1.807, 2.05) is 31.2 Å². The molecular weight excluding hydrogens is 352 g/mol. The Morgan fingerprint density at radius 3 is 2.54 bits per heavy atom. The lowest BCUT2D eigenvalue weighted by atomic mass is 10.2. The monoisotopic (exact) mass is 372 g/mol. The summed E-state index contributed by atoms with van der Waals surface area (Å²) in [4.78, 5) is 16.8. The molecule has 8 heteroatoms. The number of fused-ring (bicyclic) bond motifs is 1. The maximum atomic E-state index is 12.4. The summed E-state index contributed by atoms with van der Waals surface area (Å²) in [7, 11) is -3.59. The maximum Gasteiger partial charge on any atom is 0.270 e. The summed E-state index contributed by atoms with van der Waals surface area (Å²) in [5.74, 6) is -0.355. The minimum Gasteiger partial charge on any atom is -0.267 e. The number of carbonyl (C=O) groups is 1. The second kappa shape index (κ2) is 7.27. The highest BCUT2D eigenvalue weighted by molar-refractivity contribution is 7.89. The number of nitrogens with zero attached hydrogens (tertiary/aromatic N) is 2. The van der Waals surface area contributed by atoms with E-state index in [4.69, 9.17) is 0 Å². The summed E-state index contributed by atoms with van der Waals surface area (Å²) in [6.45, 7) is 3.70. The van der Waals surface area contributed by atoms with Crippen molar-refractivity contribution in [2.75, 3.05) is 5.43 Å². The van der Waals surface area contributed by atoms with Crippen molar-refractivity contribution in [3.8, 4) is 0 Å². The molecule has 0 bridgehead atoms. The molecule has 136 valence electrons. The Balaban J connectivity index is 1.77. The molecule has 3 aromatic rings. The van der Waals surface area contributed by atoms with Crippen molar-refractivity contribution in [1.29, 1.82) is 0 Å². The average molecular weight is 372 g/mol. The number of hydrogen-bond acceptors (Lipinski definition) is 4. The van der Waals surface area contributed by atoms with E-state index in [-0.39, 0.29) is 16.8 Å². The highest BCUT2D eigenvalue weighted by Gasteiger charge is 2.17. The third-order valence-electron chi connectivity index (χ3n) is 4.07. The van der Waals surface area contributed by atoms with E-state index in [0.29, 0.717) is 12.0 Å². The number of benzene rings is 2. The lowest BCUT2D eigenvalue weighted by Crippen LogP contribution is -2.32. The van der Waals surface area contributed by atoms with E-state index in [0.717, 1.165) is 11.0 Å². The molecule has 2 N–H and O–H groups in total. The van der Waals surface area contributed by atoms with Crippen LogP contribution in [0.1, 0.15) is 30.6 Å². The first-order valence-electron chi connectivity index (χ1n) is 8.26. The van der Waals surface area contributed by atoms with Gasteiger partial charge in [0.25, 0.3) is 5.91 Å². The zero-order valence-electron chi connectivity index (χ0n) is 14.5. The van der Waals surface area contributed by atoms with Gasteiger partial charge in [-0.3, -0.25) is 10.2 Å². The van der Waals surface area contributed by atoms with E-state index in [1.165, 1.54) is 35.3 Å². The predicted octanol–water partition coefficient (Wildman–Crippen LogP) is 2.50. The third-order valence-corrected chi connectivity index (χ3v) is 5.68. The van der Waals surface area contributed by atoms with Gasteiger partial charge in [-0.25, -0.2) is 22.8 Å². The van der Waals surface area contributed by atoms with Crippen molar-refractivity contribution >= 4 is 27.0 Å². The van der Waals surface area contributed by atoms with Gasteiger partial charge in [0.1, 0.15) is 6.33 Å². The summed E-state index contributed by atoms with van der Waals surface area (Å²) in [5.41, 5.74) is 4.63. The minimum atomic E-state index is -3.59. The van der Waals surface area contributed by atoms with Crippen molar-refractivity contribution in [2.45, 2.75) is 31.2 Å². The fraction of sp³-hybridized carbons (Fsp3) is 0.222. The summed E-state index contributed by atoms with van der Waals surface area (Å²) in [5, 5.41) is 0. The molecule has 0 aliphatic rings. The molecule has 0 aliphatic heterocycles. The standard InChI is InChI=1S/C18H20N4O3S/c1-3-13(2)21-26(24,25)15-10-8-14(9-11-15)18(23)20-22-12-19-16-6-4-5-7-17(16)22/h4-13,21H,3H2,1-2H3,(H,20,23). The van der Waals surface area contributed by atoms with Crippen LogP contribution in [0.5, 0.6) is 0 Å². The van der Waals surface area contributed by atoms with Crippen LogP contribution in [-0.2, 0) is 10.0 Å². The van der Waals surface area contributed by atoms with E-state index >= 15 is 0 Å². The second-order valence-electron chi connectivity index (χ2n) is 6.00. The molecule has 0 saturated carbocycles. The number of carbonyl (C=O) groups excluding carboxylic acids is 1. The zero-order valence-corrected chi connectivity index (χ0v) is 15.3. The Bertz CT molecular complexity index is 1030. The molecule has 1 aromatic heterocycles. The molecule has 1 amide bonds. The fourth-order valence-corrected chi connectivity index (χ4v) is 3.75. The molecule has 1 heterocycles. The molecule has 26 heavy (non-hydrogen) atoms. The van der Waals surface area contributed by atoms with Gasteiger partial charge in [0.2, 0.25) is 10.0 Å². The van der Waals surface area contributed by atoms with Gasteiger partial charge in [-0.2, -0.15) is 0 Å². The molecule has 0 aliphatic carbocycles. The van der Waals surface area contributed by atoms with Crippen LogP contribution in [0.15, 0.2) is 59.8 Å². The highest BCUT2D eigenvalue weighted by Crippen LogP contribution is 2.13. The Morgan fingerprint density at radius 2 is 1.85 bits per heavy atom. The first-order chi connectivity index (χ1) is 12.4. The molecule has 0 fully saturated rings. The lowest BCUT2D eigenvalue weighted by Gasteiger charge is -2.12. The van der Waals surface area contributed by atoms with Crippen molar-refractivity contribution in [3.63, 3.8) is 0 Å². The number of amides is 1. The number of hydrogen-bond donors (Lipinski definition) is 2. The van der Waals surface area contributed by atoms with Crippen LogP contribution in [-0.4, -0.2) is 30.0 Å². The summed E-state index contributed by atoms with van der Waals surface area (Å²) >= 11 is 0. The van der Waals surface area contributed by atoms with E-state index in [9.17, 15) is 13.2 Å². The molecule has 1 unspecified atom stereocenters. The fourth-order valence-electron chi connectivity index (χ4n) is 2.42. The summed E-state index contributed by atoms with van der Waals surface area (Å²) < 4.78 is 28.6. The SMILES string of the molecule is CCC(C)NS(=O)(=O)c1ccc(C(=O)Nn2cnc3ccccc32)cc1. The summed E-state index contributed by atoms with van der Waals surface area (Å²) in [6.07, 6.45) is 2.22.